The van der Waals surface area contributed by atoms with Crippen LogP contribution in [0.25, 0.3) is 11.3 Å². The van der Waals surface area contributed by atoms with Gasteiger partial charge in [0, 0.05) is 29.1 Å². The summed E-state index contributed by atoms with van der Waals surface area (Å²) in [5, 5.41) is 3.23. The second-order valence-corrected chi connectivity index (χ2v) is 9.54. The molecule has 0 radical (unpaired) electrons. The van der Waals surface area contributed by atoms with Crippen molar-refractivity contribution in [1.29, 1.82) is 0 Å². The van der Waals surface area contributed by atoms with Gasteiger partial charge in [-0.2, -0.15) is 13.2 Å². The highest BCUT2D eigenvalue weighted by Gasteiger charge is 2.30. The molecule has 0 unspecified atom stereocenters. The summed E-state index contributed by atoms with van der Waals surface area (Å²) < 4.78 is 39.4. The van der Waals surface area contributed by atoms with Crippen molar-refractivity contribution in [3.05, 3.63) is 53.3 Å². The quantitative estimate of drug-likeness (QED) is 0.448. The zero-order chi connectivity index (χ0) is 24.7. The van der Waals surface area contributed by atoms with Crippen LogP contribution in [0, 0.1) is 5.92 Å². The molecule has 34 heavy (non-hydrogen) atoms. The molecular weight excluding hydrogens is 437 g/mol. The lowest BCUT2D eigenvalue weighted by Crippen LogP contribution is -2.07. The van der Waals surface area contributed by atoms with Crippen molar-refractivity contribution in [3.8, 4) is 0 Å². The Bertz CT molecular complexity index is 1010. The second kappa shape index (κ2) is 11.6. The molecule has 0 aliphatic heterocycles. The standard InChI is InChI=1S/C20H21F3N4.C7H14/c1-12(2)25-18(14-5-4-6-15(11-14)20(21,22)23)13(3)17-9-10-24-19(27-17)26-16-7-8-16;1-7-5-3-2-4-6-7/h4-6,9-11,16H,7-8H2,1-3H3,(H,24,26,27);7H,2-6H2,1H3/b18-13+;. The SMILES string of the molecule is CC(C)=N/C(=C(\C)c1ccnc(NC2CC2)n1)c1cccc(C(F)(F)F)c1.CC1CCCCC1. The summed E-state index contributed by atoms with van der Waals surface area (Å²) in [4.78, 5) is 13.2. The first-order chi connectivity index (χ1) is 16.1. The molecule has 2 saturated carbocycles. The smallest absolute Gasteiger partial charge is 0.351 e. The maximum absolute atomic E-state index is 13.1. The maximum atomic E-state index is 13.1. The van der Waals surface area contributed by atoms with Gasteiger partial charge in [-0.1, -0.05) is 51.2 Å². The Morgan fingerprint density at radius 2 is 1.71 bits per heavy atom. The van der Waals surface area contributed by atoms with E-state index in [-0.39, 0.29) is 0 Å². The van der Waals surface area contributed by atoms with Crippen LogP contribution in [0.15, 0.2) is 41.5 Å². The van der Waals surface area contributed by atoms with Crippen LogP contribution in [0.5, 0.6) is 0 Å². The van der Waals surface area contributed by atoms with E-state index in [1.165, 1.54) is 38.2 Å². The molecule has 2 aliphatic rings. The highest BCUT2D eigenvalue weighted by molar-refractivity contribution is 5.95. The van der Waals surface area contributed by atoms with Gasteiger partial charge in [-0.05, 0) is 57.7 Å². The number of aliphatic imine (C=N–C) groups is 1. The third kappa shape index (κ3) is 7.96. The van der Waals surface area contributed by atoms with E-state index >= 15 is 0 Å². The normalized spacial score (nSPS) is 17.3. The molecular formula is C27H35F3N4. The largest absolute Gasteiger partial charge is 0.416 e. The molecule has 7 heteroatoms. The first-order valence-electron chi connectivity index (χ1n) is 12.1. The number of nitrogens with zero attached hydrogens (tertiary/aromatic N) is 3. The molecule has 2 fully saturated rings. The van der Waals surface area contributed by atoms with Gasteiger partial charge in [-0.15, -0.1) is 0 Å². The average Bonchev–Trinajstić information content (AvgIpc) is 3.61. The number of nitrogens with one attached hydrogen (secondary N) is 1. The molecule has 2 aromatic rings. The Morgan fingerprint density at radius 1 is 1.00 bits per heavy atom. The number of hydrogen-bond acceptors (Lipinski definition) is 4. The maximum Gasteiger partial charge on any atom is 0.416 e. The average molecular weight is 473 g/mol. The van der Waals surface area contributed by atoms with E-state index in [4.69, 9.17) is 0 Å². The number of rotatable bonds is 5. The van der Waals surface area contributed by atoms with Crippen LogP contribution >= 0.6 is 0 Å². The number of allylic oxidation sites excluding steroid dienone is 1. The fourth-order valence-corrected chi connectivity index (χ4v) is 3.91. The minimum absolute atomic E-state index is 0.402. The molecule has 1 aromatic heterocycles. The zero-order valence-electron chi connectivity index (χ0n) is 20.5. The number of benzene rings is 1. The fraction of sp³-hybridized carbons (Fsp3) is 0.519. The van der Waals surface area contributed by atoms with E-state index in [1.54, 1.807) is 32.2 Å². The number of aromatic nitrogens is 2. The topological polar surface area (TPSA) is 50.2 Å². The van der Waals surface area contributed by atoms with E-state index < -0.39 is 11.7 Å². The van der Waals surface area contributed by atoms with Gasteiger partial charge in [0.05, 0.1) is 17.0 Å². The van der Waals surface area contributed by atoms with Crippen molar-refractivity contribution in [3.63, 3.8) is 0 Å². The van der Waals surface area contributed by atoms with Crippen molar-refractivity contribution in [2.45, 2.75) is 84.9 Å². The highest BCUT2D eigenvalue weighted by Crippen LogP contribution is 2.33. The molecule has 0 saturated heterocycles. The van der Waals surface area contributed by atoms with Crippen LogP contribution in [-0.4, -0.2) is 21.7 Å². The summed E-state index contributed by atoms with van der Waals surface area (Å²) in [6, 6.07) is 7.35. The van der Waals surface area contributed by atoms with Crippen LogP contribution in [0.3, 0.4) is 0 Å². The van der Waals surface area contributed by atoms with Gasteiger partial charge in [0.2, 0.25) is 5.95 Å². The lowest BCUT2D eigenvalue weighted by molar-refractivity contribution is -0.137. The molecule has 0 spiro atoms. The Kier molecular flexibility index (Phi) is 8.86. The van der Waals surface area contributed by atoms with Crippen molar-refractivity contribution in [2.75, 3.05) is 5.32 Å². The van der Waals surface area contributed by atoms with Gasteiger partial charge in [0.25, 0.3) is 0 Å². The molecule has 4 nitrogen and oxygen atoms in total. The second-order valence-electron chi connectivity index (χ2n) is 9.54. The minimum atomic E-state index is -4.41. The first kappa shape index (κ1) is 25.9. The van der Waals surface area contributed by atoms with E-state index in [0.29, 0.717) is 34.5 Å². The summed E-state index contributed by atoms with van der Waals surface area (Å²) in [7, 11) is 0. The predicted octanol–water partition coefficient (Wildman–Crippen LogP) is 8.03. The summed E-state index contributed by atoms with van der Waals surface area (Å²) in [6.45, 7) is 7.78. The Labute approximate surface area is 200 Å². The number of anilines is 1. The summed E-state index contributed by atoms with van der Waals surface area (Å²) >= 11 is 0. The Morgan fingerprint density at radius 3 is 2.26 bits per heavy atom. The van der Waals surface area contributed by atoms with E-state index in [9.17, 15) is 13.2 Å². The lowest BCUT2D eigenvalue weighted by Gasteiger charge is -2.15. The molecule has 2 aliphatic carbocycles. The van der Waals surface area contributed by atoms with E-state index in [2.05, 4.69) is 27.2 Å². The molecule has 1 aromatic carbocycles. The number of halogens is 3. The summed E-state index contributed by atoms with van der Waals surface area (Å²) in [6.07, 6.45) is 6.86. The number of hydrogen-bond donors (Lipinski definition) is 1. The Balaban J connectivity index is 0.000000396. The van der Waals surface area contributed by atoms with Gasteiger partial charge in [-0.3, -0.25) is 4.99 Å². The van der Waals surface area contributed by atoms with Crippen LogP contribution < -0.4 is 5.32 Å². The van der Waals surface area contributed by atoms with Crippen LogP contribution in [-0.2, 0) is 6.18 Å². The fourth-order valence-electron chi connectivity index (χ4n) is 3.91. The van der Waals surface area contributed by atoms with Crippen molar-refractivity contribution < 1.29 is 13.2 Å². The van der Waals surface area contributed by atoms with Crippen LogP contribution in [0.1, 0.15) is 89.5 Å². The van der Waals surface area contributed by atoms with Gasteiger partial charge >= 0.3 is 6.18 Å². The van der Waals surface area contributed by atoms with E-state index in [1.807, 2.05) is 6.92 Å². The molecule has 0 amide bonds. The van der Waals surface area contributed by atoms with Crippen molar-refractivity contribution in [1.82, 2.24) is 9.97 Å². The predicted molar refractivity (Wildman–Crippen MR) is 134 cm³/mol. The molecule has 0 bridgehead atoms. The van der Waals surface area contributed by atoms with Crippen LogP contribution in [0.4, 0.5) is 19.1 Å². The zero-order valence-corrected chi connectivity index (χ0v) is 20.5. The van der Waals surface area contributed by atoms with Gasteiger partial charge < -0.3 is 5.32 Å². The van der Waals surface area contributed by atoms with Gasteiger partial charge in [0.15, 0.2) is 0 Å². The summed E-state index contributed by atoms with van der Waals surface area (Å²) in [5.41, 5.74) is 2.23. The van der Waals surface area contributed by atoms with Gasteiger partial charge in [-0.25, -0.2) is 9.97 Å². The van der Waals surface area contributed by atoms with Gasteiger partial charge in [0.1, 0.15) is 0 Å². The minimum Gasteiger partial charge on any atom is -0.351 e. The monoisotopic (exact) mass is 472 g/mol. The molecule has 4 rings (SSSR count). The highest BCUT2D eigenvalue weighted by atomic mass is 19.4. The number of alkyl halides is 3. The third-order valence-corrected chi connectivity index (χ3v) is 6.00. The van der Waals surface area contributed by atoms with Crippen LogP contribution in [0.2, 0.25) is 0 Å². The molecule has 184 valence electrons. The van der Waals surface area contributed by atoms with Crippen molar-refractivity contribution >= 4 is 22.9 Å². The van der Waals surface area contributed by atoms with E-state index in [0.717, 1.165) is 36.6 Å². The molecule has 1 N–H and O–H groups in total. The molecule has 0 atom stereocenters. The Hall–Kier alpha value is -2.70. The summed E-state index contributed by atoms with van der Waals surface area (Å²) in [5.74, 6) is 1.56. The van der Waals surface area contributed by atoms with Crippen molar-refractivity contribution in [2.24, 2.45) is 10.9 Å². The lowest BCUT2D eigenvalue weighted by atomic mass is 9.91. The third-order valence-electron chi connectivity index (χ3n) is 6.00. The molecule has 1 heterocycles. The first-order valence-corrected chi connectivity index (χ1v) is 12.1.